The van der Waals surface area contributed by atoms with Crippen LogP contribution in [0.5, 0.6) is 0 Å². The SMILES string of the molecule is CNc1cc(Cl)ccc1C1(C=O)C(CC(C)(C)C)NC(C(=O)NCCCNCCN)C1c1cccc(Cl)c1F. The van der Waals surface area contributed by atoms with Crippen LogP contribution < -0.4 is 27.0 Å². The van der Waals surface area contributed by atoms with Crippen LogP contribution >= 0.6 is 23.2 Å². The number of amides is 1. The first-order valence-electron chi connectivity index (χ1n) is 13.3. The first-order valence-corrected chi connectivity index (χ1v) is 14.1. The van der Waals surface area contributed by atoms with Crippen molar-refractivity contribution in [2.24, 2.45) is 11.1 Å². The van der Waals surface area contributed by atoms with Gasteiger partial charge in [0.2, 0.25) is 5.91 Å². The molecule has 0 radical (unpaired) electrons. The summed E-state index contributed by atoms with van der Waals surface area (Å²) in [6, 6.07) is 8.57. The number of anilines is 1. The molecule has 3 rings (SSSR count). The van der Waals surface area contributed by atoms with E-state index >= 15 is 4.39 Å². The number of benzene rings is 2. The Labute approximate surface area is 240 Å². The average molecular weight is 581 g/mol. The number of nitrogens with two attached hydrogens (primary N) is 1. The molecule has 0 saturated carbocycles. The van der Waals surface area contributed by atoms with E-state index in [4.69, 9.17) is 28.9 Å². The van der Waals surface area contributed by atoms with E-state index < -0.39 is 29.2 Å². The van der Waals surface area contributed by atoms with Crippen molar-refractivity contribution < 1.29 is 14.0 Å². The van der Waals surface area contributed by atoms with Crippen molar-refractivity contribution in [3.63, 3.8) is 0 Å². The predicted octanol–water partition coefficient (Wildman–Crippen LogP) is 4.23. The van der Waals surface area contributed by atoms with E-state index in [0.717, 1.165) is 6.29 Å². The zero-order valence-electron chi connectivity index (χ0n) is 23.0. The number of hydrogen-bond acceptors (Lipinski definition) is 6. The summed E-state index contributed by atoms with van der Waals surface area (Å²) >= 11 is 12.6. The molecule has 2 aromatic carbocycles. The molecule has 1 aliphatic rings. The second kappa shape index (κ2) is 13.4. The fourth-order valence-electron chi connectivity index (χ4n) is 5.65. The molecule has 0 spiro atoms. The van der Waals surface area contributed by atoms with Gasteiger partial charge in [0.25, 0.3) is 0 Å². The lowest BCUT2D eigenvalue weighted by molar-refractivity contribution is -0.123. The van der Waals surface area contributed by atoms with E-state index in [0.29, 0.717) is 55.3 Å². The maximum absolute atomic E-state index is 15.8. The lowest BCUT2D eigenvalue weighted by atomic mass is 9.62. The first kappa shape index (κ1) is 31.3. The van der Waals surface area contributed by atoms with Gasteiger partial charge in [-0.3, -0.25) is 4.79 Å². The van der Waals surface area contributed by atoms with Gasteiger partial charge in [-0.1, -0.05) is 62.2 Å². The van der Waals surface area contributed by atoms with Gasteiger partial charge in [0.15, 0.2) is 0 Å². The highest BCUT2D eigenvalue weighted by Crippen LogP contribution is 2.53. The van der Waals surface area contributed by atoms with Gasteiger partial charge in [0.1, 0.15) is 12.1 Å². The Balaban J connectivity index is 2.18. The van der Waals surface area contributed by atoms with Crippen LogP contribution in [-0.2, 0) is 15.0 Å². The molecule has 1 amide bonds. The highest BCUT2D eigenvalue weighted by Gasteiger charge is 2.60. The zero-order chi connectivity index (χ0) is 28.8. The smallest absolute Gasteiger partial charge is 0.237 e. The van der Waals surface area contributed by atoms with Gasteiger partial charge in [-0.25, -0.2) is 4.39 Å². The summed E-state index contributed by atoms with van der Waals surface area (Å²) in [5.74, 6) is -1.83. The summed E-state index contributed by atoms with van der Waals surface area (Å²) in [5.41, 5.74) is 5.47. The number of carbonyl (C=O) groups is 2. The molecule has 10 heteroatoms. The Bertz CT molecular complexity index is 1160. The van der Waals surface area contributed by atoms with E-state index in [1.54, 1.807) is 37.4 Å². The number of aldehydes is 1. The third kappa shape index (κ3) is 6.92. The van der Waals surface area contributed by atoms with E-state index in [-0.39, 0.29) is 21.9 Å². The van der Waals surface area contributed by atoms with Crippen LogP contribution in [0.25, 0.3) is 0 Å². The Kier molecular flexibility index (Phi) is 10.8. The van der Waals surface area contributed by atoms with Crippen LogP contribution in [0.2, 0.25) is 10.0 Å². The van der Waals surface area contributed by atoms with Crippen molar-refractivity contribution >= 4 is 41.1 Å². The van der Waals surface area contributed by atoms with E-state index in [1.807, 2.05) is 0 Å². The Morgan fingerprint density at radius 1 is 1.18 bits per heavy atom. The fraction of sp³-hybridized carbons (Fsp3) is 0.517. The van der Waals surface area contributed by atoms with Gasteiger partial charge < -0.3 is 31.8 Å². The maximum Gasteiger partial charge on any atom is 0.237 e. The summed E-state index contributed by atoms with van der Waals surface area (Å²) in [4.78, 5) is 27.2. The van der Waals surface area contributed by atoms with E-state index in [9.17, 15) is 9.59 Å². The molecule has 2 aromatic rings. The molecule has 1 saturated heterocycles. The van der Waals surface area contributed by atoms with Crippen molar-refractivity contribution in [2.45, 2.75) is 57.0 Å². The maximum atomic E-state index is 15.8. The lowest BCUT2D eigenvalue weighted by Gasteiger charge is -2.39. The minimum Gasteiger partial charge on any atom is -0.388 e. The Morgan fingerprint density at radius 2 is 1.92 bits per heavy atom. The monoisotopic (exact) mass is 579 g/mol. The van der Waals surface area contributed by atoms with Crippen LogP contribution in [-0.4, -0.2) is 57.5 Å². The quantitative estimate of drug-likeness (QED) is 0.190. The van der Waals surface area contributed by atoms with Crippen molar-refractivity contribution in [3.05, 3.63) is 63.4 Å². The second-order valence-electron chi connectivity index (χ2n) is 11.3. The minimum absolute atomic E-state index is 0.0679. The van der Waals surface area contributed by atoms with Gasteiger partial charge in [0, 0.05) is 49.4 Å². The molecule has 4 atom stereocenters. The minimum atomic E-state index is -1.31. The van der Waals surface area contributed by atoms with E-state index in [1.165, 1.54) is 6.07 Å². The summed E-state index contributed by atoms with van der Waals surface area (Å²) in [5, 5.41) is 13.2. The number of nitrogens with one attached hydrogen (secondary N) is 4. The van der Waals surface area contributed by atoms with Gasteiger partial charge in [-0.15, -0.1) is 0 Å². The van der Waals surface area contributed by atoms with Crippen LogP contribution in [0, 0.1) is 11.2 Å². The Morgan fingerprint density at radius 3 is 2.56 bits per heavy atom. The predicted molar refractivity (Wildman–Crippen MR) is 157 cm³/mol. The zero-order valence-corrected chi connectivity index (χ0v) is 24.6. The number of hydrogen-bond donors (Lipinski definition) is 5. The summed E-state index contributed by atoms with van der Waals surface area (Å²) in [7, 11) is 1.74. The molecular weight excluding hydrogens is 540 g/mol. The molecule has 0 aromatic heterocycles. The van der Waals surface area contributed by atoms with Crippen molar-refractivity contribution in [3.8, 4) is 0 Å². The topological polar surface area (TPSA) is 108 Å². The van der Waals surface area contributed by atoms with Crippen LogP contribution in [0.4, 0.5) is 10.1 Å². The standard InChI is InChI=1S/C29H40Cl2FN5O2/c1-28(2,3)16-23-29(17-38,20-10-9-18(30)15-22(20)34-4)24(19-7-5-8-21(31)25(19)32)26(37-23)27(39)36-13-6-12-35-14-11-33/h5,7-10,15,17,23-24,26,34-35,37H,6,11-14,16,33H2,1-4H3,(H,36,39). The molecule has 39 heavy (non-hydrogen) atoms. The van der Waals surface area contributed by atoms with Gasteiger partial charge in [-0.05, 0) is 54.1 Å². The summed E-state index contributed by atoms with van der Waals surface area (Å²) < 4.78 is 15.8. The van der Waals surface area contributed by atoms with Gasteiger partial charge in [-0.2, -0.15) is 0 Å². The molecule has 0 aliphatic carbocycles. The van der Waals surface area contributed by atoms with Crippen molar-refractivity contribution in [2.75, 3.05) is 38.5 Å². The molecule has 6 N–H and O–H groups in total. The molecule has 1 heterocycles. The van der Waals surface area contributed by atoms with Gasteiger partial charge >= 0.3 is 0 Å². The van der Waals surface area contributed by atoms with Crippen LogP contribution in [0.15, 0.2) is 36.4 Å². The molecule has 4 unspecified atom stereocenters. The molecular formula is C29H40Cl2FN5O2. The largest absolute Gasteiger partial charge is 0.388 e. The lowest BCUT2D eigenvalue weighted by Crippen LogP contribution is -2.46. The fourth-order valence-corrected chi connectivity index (χ4v) is 6.00. The van der Waals surface area contributed by atoms with Crippen molar-refractivity contribution in [1.82, 2.24) is 16.0 Å². The molecule has 1 fully saturated rings. The molecule has 1 aliphatic heterocycles. The molecule has 0 bridgehead atoms. The first-order chi connectivity index (χ1) is 18.5. The van der Waals surface area contributed by atoms with E-state index in [2.05, 4.69) is 42.0 Å². The normalized spacial score (nSPS) is 23.0. The second-order valence-corrected chi connectivity index (χ2v) is 12.1. The highest BCUT2D eigenvalue weighted by atomic mass is 35.5. The third-order valence-electron chi connectivity index (χ3n) is 7.28. The summed E-state index contributed by atoms with van der Waals surface area (Å²) in [6.45, 7) is 8.56. The van der Waals surface area contributed by atoms with Crippen molar-refractivity contribution in [1.29, 1.82) is 0 Å². The van der Waals surface area contributed by atoms with Crippen LogP contribution in [0.3, 0.4) is 0 Å². The highest BCUT2D eigenvalue weighted by molar-refractivity contribution is 6.31. The number of halogens is 3. The average Bonchev–Trinajstić information content (AvgIpc) is 3.20. The molecule has 214 valence electrons. The van der Waals surface area contributed by atoms with Crippen LogP contribution in [0.1, 0.15) is 50.7 Å². The Hall–Kier alpha value is -2.23. The number of carbonyl (C=O) groups excluding carboxylic acids is 2. The third-order valence-corrected chi connectivity index (χ3v) is 7.81. The molecule has 7 nitrogen and oxygen atoms in total. The number of rotatable bonds is 12. The summed E-state index contributed by atoms with van der Waals surface area (Å²) in [6.07, 6.45) is 2.11. The van der Waals surface area contributed by atoms with Gasteiger partial charge in [0.05, 0.1) is 16.5 Å².